The first-order chi connectivity index (χ1) is 10.1. The van der Waals surface area contributed by atoms with Crippen LogP contribution in [0, 0.1) is 0 Å². The molecule has 2 heterocycles. The molecule has 1 atom stereocenters. The maximum Gasteiger partial charge on any atom is 0.331 e. The molecule has 0 saturated heterocycles. The normalized spacial score (nSPS) is 11.9. The molecule has 5 nitrogen and oxygen atoms in total. The molecule has 0 spiro atoms. The molecular weight excluding hydrogens is 332 g/mol. The van der Waals surface area contributed by atoms with Crippen LogP contribution in [0.15, 0.2) is 29.6 Å². The standard InChI is InChI=1S/C13H13ClN2O3S2/c14-10-4-3-8(21-10)5-6-15-13(19)16-11(12(17)18)9-2-1-7-20-9/h1-4,7,11H,5-6H2,(H,17,18)(H2,15,16,19). The summed E-state index contributed by atoms with van der Waals surface area (Å²) in [6.45, 7) is 0.416. The van der Waals surface area contributed by atoms with Gasteiger partial charge in [-0.2, -0.15) is 0 Å². The van der Waals surface area contributed by atoms with Crippen LogP contribution in [-0.4, -0.2) is 23.7 Å². The molecule has 2 aromatic heterocycles. The van der Waals surface area contributed by atoms with E-state index in [1.165, 1.54) is 22.7 Å². The Labute approximate surface area is 134 Å². The molecule has 0 saturated carbocycles. The largest absolute Gasteiger partial charge is 0.479 e. The molecule has 0 fully saturated rings. The van der Waals surface area contributed by atoms with Gasteiger partial charge in [0.05, 0.1) is 4.34 Å². The summed E-state index contributed by atoms with van der Waals surface area (Å²) in [6, 6.07) is 5.60. The number of carbonyl (C=O) groups excluding carboxylic acids is 1. The molecule has 112 valence electrons. The quantitative estimate of drug-likeness (QED) is 0.753. The topological polar surface area (TPSA) is 78.4 Å². The van der Waals surface area contributed by atoms with E-state index in [1.807, 2.05) is 6.07 Å². The highest BCUT2D eigenvalue weighted by Gasteiger charge is 2.22. The van der Waals surface area contributed by atoms with E-state index < -0.39 is 18.0 Å². The van der Waals surface area contributed by atoms with Gasteiger partial charge in [0.15, 0.2) is 6.04 Å². The van der Waals surface area contributed by atoms with Gasteiger partial charge in [-0.15, -0.1) is 22.7 Å². The van der Waals surface area contributed by atoms with Crippen molar-refractivity contribution in [2.75, 3.05) is 6.54 Å². The summed E-state index contributed by atoms with van der Waals surface area (Å²) in [6.07, 6.45) is 0.654. The van der Waals surface area contributed by atoms with Crippen molar-refractivity contribution in [1.29, 1.82) is 0 Å². The van der Waals surface area contributed by atoms with Gasteiger partial charge in [0.25, 0.3) is 0 Å². The maximum atomic E-state index is 11.7. The second-order valence-corrected chi connectivity index (χ2v) is 6.92. The van der Waals surface area contributed by atoms with Gasteiger partial charge in [-0.1, -0.05) is 17.7 Å². The van der Waals surface area contributed by atoms with Crippen molar-refractivity contribution in [1.82, 2.24) is 10.6 Å². The van der Waals surface area contributed by atoms with Crippen molar-refractivity contribution in [3.63, 3.8) is 0 Å². The van der Waals surface area contributed by atoms with Crippen LogP contribution in [0.25, 0.3) is 0 Å². The second kappa shape index (κ2) is 7.44. The van der Waals surface area contributed by atoms with E-state index in [9.17, 15) is 9.59 Å². The van der Waals surface area contributed by atoms with Gasteiger partial charge >= 0.3 is 12.0 Å². The van der Waals surface area contributed by atoms with Gasteiger partial charge in [-0.25, -0.2) is 9.59 Å². The lowest BCUT2D eigenvalue weighted by Gasteiger charge is -2.13. The molecule has 0 aromatic carbocycles. The molecule has 2 amide bonds. The third-order valence-corrected chi connectivity index (χ3v) is 4.86. The Morgan fingerprint density at radius 3 is 2.71 bits per heavy atom. The Morgan fingerprint density at radius 2 is 2.14 bits per heavy atom. The Bertz CT molecular complexity index is 613. The fraction of sp³-hybridized carbons (Fsp3) is 0.231. The summed E-state index contributed by atoms with van der Waals surface area (Å²) >= 11 is 8.56. The van der Waals surface area contributed by atoms with Crippen LogP contribution in [-0.2, 0) is 11.2 Å². The summed E-state index contributed by atoms with van der Waals surface area (Å²) in [5.41, 5.74) is 0. The van der Waals surface area contributed by atoms with Crippen LogP contribution in [0.4, 0.5) is 4.79 Å². The number of rotatable bonds is 6. The van der Waals surface area contributed by atoms with Gasteiger partial charge in [0.2, 0.25) is 0 Å². The molecule has 3 N–H and O–H groups in total. The average molecular weight is 345 g/mol. The molecular formula is C13H13ClN2O3S2. The molecule has 0 aliphatic heterocycles. The number of nitrogens with one attached hydrogen (secondary N) is 2. The van der Waals surface area contributed by atoms with Crippen molar-refractivity contribution < 1.29 is 14.7 Å². The lowest BCUT2D eigenvalue weighted by atomic mass is 10.2. The SMILES string of the molecule is O=C(NCCc1ccc(Cl)s1)NC(C(=O)O)c1cccs1. The molecule has 0 radical (unpaired) electrons. The molecule has 2 aromatic rings. The molecule has 2 rings (SSSR count). The zero-order valence-corrected chi connectivity index (χ0v) is 13.2. The number of amides is 2. The van der Waals surface area contributed by atoms with E-state index in [0.717, 1.165) is 4.88 Å². The summed E-state index contributed by atoms with van der Waals surface area (Å²) < 4.78 is 0.707. The van der Waals surface area contributed by atoms with Gasteiger partial charge in [-0.05, 0) is 30.0 Å². The predicted octanol–water partition coefficient (Wildman–Crippen LogP) is 3.13. The summed E-state index contributed by atoms with van der Waals surface area (Å²) in [5.74, 6) is -1.09. The zero-order chi connectivity index (χ0) is 15.2. The van der Waals surface area contributed by atoms with Crippen molar-refractivity contribution >= 4 is 46.3 Å². The third-order valence-electron chi connectivity index (χ3n) is 2.64. The van der Waals surface area contributed by atoms with Crippen LogP contribution in [0.5, 0.6) is 0 Å². The maximum absolute atomic E-state index is 11.7. The number of carboxylic acids is 1. The van der Waals surface area contributed by atoms with Crippen LogP contribution in [0.2, 0.25) is 4.34 Å². The minimum Gasteiger partial charge on any atom is -0.479 e. The Hall–Kier alpha value is -1.57. The molecule has 0 bridgehead atoms. The molecule has 1 unspecified atom stereocenters. The van der Waals surface area contributed by atoms with E-state index in [1.54, 1.807) is 23.6 Å². The molecule has 8 heteroatoms. The van der Waals surface area contributed by atoms with Crippen molar-refractivity contribution in [3.8, 4) is 0 Å². The Morgan fingerprint density at radius 1 is 1.33 bits per heavy atom. The zero-order valence-electron chi connectivity index (χ0n) is 10.8. The van der Waals surface area contributed by atoms with Crippen molar-refractivity contribution in [2.24, 2.45) is 0 Å². The molecule has 0 aliphatic rings. The first kappa shape index (κ1) is 15.8. The summed E-state index contributed by atoms with van der Waals surface area (Å²) in [7, 11) is 0. The van der Waals surface area contributed by atoms with E-state index in [4.69, 9.17) is 16.7 Å². The van der Waals surface area contributed by atoms with E-state index in [2.05, 4.69) is 10.6 Å². The number of carbonyl (C=O) groups is 2. The highest BCUT2D eigenvalue weighted by atomic mass is 35.5. The van der Waals surface area contributed by atoms with E-state index >= 15 is 0 Å². The van der Waals surface area contributed by atoms with E-state index in [0.29, 0.717) is 22.2 Å². The van der Waals surface area contributed by atoms with Gasteiger partial charge < -0.3 is 15.7 Å². The number of aliphatic carboxylic acids is 1. The fourth-order valence-corrected chi connectivity index (χ4v) is 3.53. The number of urea groups is 1. The summed E-state index contributed by atoms with van der Waals surface area (Å²) in [5, 5.41) is 16.0. The Balaban J connectivity index is 1.81. The minimum absolute atomic E-state index is 0.416. The first-order valence-electron chi connectivity index (χ1n) is 6.11. The van der Waals surface area contributed by atoms with Gasteiger partial charge in [0.1, 0.15) is 0 Å². The number of hydrogen-bond acceptors (Lipinski definition) is 4. The molecule has 21 heavy (non-hydrogen) atoms. The lowest BCUT2D eigenvalue weighted by Crippen LogP contribution is -2.41. The van der Waals surface area contributed by atoms with Crippen molar-refractivity contribution in [3.05, 3.63) is 43.7 Å². The van der Waals surface area contributed by atoms with Crippen molar-refractivity contribution in [2.45, 2.75) is 12.5 Å². The van der Waals surface area contributed by atoms with E-state index in [-0.39, 0.29) is 0 Å². The fourth-order valence-electron chi connectivity index (χ4n) is 1.68. The smallest absolute Gasteiger partial charge is 0.331 e. The average Bonchev–Trinajstić information content (AvgIpc) is 3.07. The lowest BCUT2D eigenvalue weighted by molar-refractivity contribution is -0.139. The number of thiophene rings is 2. The van der Waals surface area contributed by atoms with Crippen LogP contribution < -0.4 is 10.6 Å². The highest BCUT2D eigenvalue weighted by molar-refractivity contribution is 7.16. The van der Waals surface area contributed by atoms with Crippen LogP contribution in [0.3, 0.4) is 0 Å². The van der Waals surface area contributed by atoms with Gasteiger partial charge in [-0.3, -0.25) is 0 Å². The Kier molecular flexibility index (Phi) is 5.60. The first-order valence-corrected chi connectivity index (χ1v) is 8.18. The number of carboxylic acid groups (broad SMARTS) is 1. The number of hydrogen-bond donors (Lipinski definition) is 3. The summed E-state index contributed by atoms with van der Waals surface area (Å²) in [4.78, 5) is 24.6. The monoisotopic (exact) mass is 344 g/mol. The third kappa shape index (κ3) is 4.73. The van der Waals surface area contributed by atoms with Gasteiger partial charge in [0, 0.05) is 16.3 Å². The minimum atomic E-state index is -1.09. The predicted molar refractivity (Wildman–Crippen MR) is 84.3 cm³/mol. The number of halogens is 1. The second-order valence-electron chi connectivity index (χ2n) is 4.14. The highest BCUT2D eigenvalue weighted by Crippen LogP contribution is 2.21. The van der Waals surface area contributed by atoms with Crippen LogP contribution in [0.1, 0.15) is 15.8 Å². The van der Waals surface area contributed by atoms with Crippen LogP contribution >= 0.6 is 34.3 Å². The molecule has 0 aliphatic carbocycles.